The number of H-pyrrole nitrogens is 1. The number of fused-ring (bicyclic) bond motifs is 1. The van der Waals surface area contributed by atoms with Crippen LogP contribution in [-0.4, -0.2) is 33.7 Å². The van der Waals surface area contributed by atoms with Crippen molar-refractivity contribution in [1.29, 1.82) is 0 Å². The molecule has 34 heavy (non-hydrogen) atoms. The van der Waals surface area contributed by atoms with E-state index in [1.807, 2.05) is 0 Å². The lowest BCUT2D eigenvalue weighted by molar-refractivity contribution is -0.117. The Bertz CT molecular complexity index is 1620. The number of aromatic amines is 1. The Balaban J connectivity index is 1.75. The van der Waals surface area contributed by atoms with E-state index in [0.29, 0.717) is 11.1 Å². The molecule has 0 spiro atoms. The predicted octanol–water partition coefficient (Wildman–Crippen LogP) is 0.927. The highest BCUT2D eigenvalue weighted by molar-refractivity contribution is 7.89. The van der Waals surface area contributed by atoms with E-state index in [1.54, 1.807) is 43.3 Å². The number of benzene rings is 2. The van der Waals surface area contributed by atoms with Gasteiger partial charge < -0.3 is 5.32 Å². The molecule has 0 aliphatic heterocycles. The normalized spacial score (nSPS) is 12.6. The van der Waals surface area contributed by atoms with Crippen molar-refractivity contribution in [3.05, 3.63) is 86.7 Å². The second-order valence-electron chi connectivity index (χ2n) is 7.78. The van der Waals surface area contributed by atoms with Gasteiger partial charge in [-0.25, -0.2) is 13.2 Å². The molecule has 1 amide bonds. The average molecular weight is 483 g/mol. The number of nitrogens with zero attached hydrogens (tertiary/aromatic N) is 3. The Morgan fingerprint density at radius 3 is 2.38 bits per heavy atom. The molecular weight excluding hydrogens is 460 g/mol. The highest BCUT2D eigenvalue weighted by Crippen LogP contribution is 2.21. The summed E-state index contributed by atoms with van der Waals surface area (Å²) in [6.07, 6.45) is 0. The molecule has 0 saturated carbocycles. The van der Waals surface area contributed by atoms with Crippen LogP contribution in [0, 0.1) is 6.92 Å². The Kier molecular flexibility index (Phi) is 5.94. The average Bonchev–Trinajstić information content (AvgIpc) is 3.24. The van der Waals surface area contributed by atoms with Crippen LogP contribution in [0.2, 0.25) is 0 Å². The zero-order valence-corrected chi connectivity index (χ0v) is 19.4. The number of hydrogen-bond acceptors (Lipinski definition) is 6. The third-order valence-corrected chi connectivity index (χ3v) is 6.79. The zero-order chi connectivity index (χ0) is 24.6. The molecule has 4 rings (SSSR count). The van der Waals surface area contributed by atoms with Crippen molar-refractivity contribution in [2.24, 2.45) is 14.1 Å². The van der Waals surface area contributed by atoms with Gasteiger partial charge in [-0.05, 0) is 30.7 Å². The zero-order valence-electron chi connectivity index (χ0n) is 18.6. The predicted molar refractivity (Wildman–Crippen MR) is 126 cm³/mol. The maximum atomic E-state index is 13.3. The molecule has 0 aliphatic carbocycles. The summed E-state index contributed by atoms with van der Waals surface area (Å²) in [6, 6.07) is 12.5. The number of hydrogen-bond donors (Lipinski definition) is 3. The molecule has 0 saturated heterocycles. The molecule has 2 heterocycles. The molecule has 2 aromatic carbocycles. The Morgan fingerprint density at radius 2 is 1.74 bits per heavy atom. The van der Waals surface area contributed by atoms with E-state index < -0.39 is 33.2 Å². The minimum atomic E-state index is -4.26. The first-order chi connectivity index (χ1) is 16.1. The quantitative estimate of drug-likeness (QED) is 0.372. The summed E-state index contributed by atoms with van der Waals surface area (Å²) in [4.78, 5) is 37.6. The number of rotatable bonds is 6. The molecule has 3 N–H and O–H groups in total. The maximum absolute atomic E-state index is 13.3. The maximum Gasteiger partial charge on any atom is 0.330 e. The van der Waals surface area contributed by atoms with Gasteiger partial charge in [0, 0.05) is 25.9 Å². The van der Waals surface area contributed by atoms with E-state index in [9.17, 15) is 22.8 Å². The fraction of sp³-hybridized carbons (Fsp3) is 0.182. The molecule has 0 fully saturated rings. The van der Waals surface area contributed by atoms with Crippen molar-refractivity contribution in [3.63, 3.8) is 0 Å². The molecule has 0 aliphatic rings. The summed E-state index contributed by atoms with van der Waals surface area (Å²) in [5.41, 5.74) is 0.273. The van der Waals surface area contributed by atoms with Crippen LogP contribution in [0.15, 0.2) is 69.1 Å². The minimum Gasteiger partial charge on any atom is -0.308 e. The Hall–Kier alpha value is -4.03. The third kappa shape index (κ3) is 4.28. The van der Waals surface area contributed by atoms with Crippen LogP contribution in [0.5, 0.6) is 0 Å². The van der Waals surface area contributed by atoms with Gasteiger partial charge in [0.2, 0.25) is 15.9 Å². The first-order valence-electron chi connectivity index (χ1n) is 10.2. The van der Waals surface area contributed by atoms with Crippen molar-refractivity contribution in [1.82, 2.24) is 24.1 Å². The van der Waals surface area contributed by atoms with Gasteiger partial charge in [0.05, 0.1) is 15.8 Å². The lowest BCUT2D eigenvalue weighted by Crippen LogP contribution is -2.38. The lowest BCUT2D eigenvalue weighted by atomic mass is 10.1. The largest absolute Gasteiger partial charge is 0.330 e. The fourth-order valence-corrected chi connectivity index (χ4v) is 4.77. The molecule has 0 bridgehead atoms. The number of anilines is 1. The topological polar surface area (TPSA) is 148 Å². The van der Waals surface area contributed by atoms with Gasteiger partial charge in [-0.2, -0.15) is 9.82 Å². The van der Waals surface area contributed by atoms with Gasteiger partial charge in [0.15, 0.2) is 5.82 Å². The first kappa shape index (κ1) is 23.1. The van der Waals surface area contributed by atoms with Crippen molar-refractivity contribution >= 4 is 32.7 Å². The SMILES string of the molecule is Cc1cc(NC(=O)C(NS(=O)(=O)c2ccc3c(c2)c(=O)n(C)c(=O)n3C)c2ccccc2)n[nH]1. The number of carbonyl (C=O) groups excluding carboxylic acids is 1. The van der Waals surface area contributed by atoms with Crippen molar-refractivity contribution in [2.45, 2.75) is 17.9 Å². The third-order valence-electron chi connectivity index (χ3n) is 5.37. The van der Waals surface area contributed by atoms with Crippen LogP contribution in [-0.2, 0) is 28.9 Å². The van der Waals surface area contributed by atoms with Crippen LogP contribution < -0.4 is 21.3 Å². The van der Waals surface area contributed by atoms with E-state index in [-0.39, 0.29) is 16.1 Å². The summed E-state index contributed by atoms with van der Waals surface area (Å²) >= 11 is 0. The van der Waals surface area contributed by atoms with Gasteiger partial charge in [-0.1, -0.05) is 30.3 Å². The van der Waals surface area contributed by atoms with Crippen LogP contribution in [0.1, 0.15) is 17.3 Å². The van der Waals surface area contributed by atoms with E-state index in [4.69, 9.17) is 0 Å². The lowest BCUT2D eigenvalue weighted by Gasteiger charge is -2.19. The molecule has 12 heteroatoms. The number of aryl methyl sites for hydroxylation is 2. The van der Waals surface area contributed by atoms with Crippen LogP contribution in [0.25, 0.3) is 10.9 Å². The Labute approximate surface area is 194 Å². The van der Waals surface area contributed by atoms with Crippen molar-refractivity contribution < 1.29 is 13.2 Å². The van der Waals surface area contributed by atoms with E-state index >= 15 is 0 Å². The van der Waals surface area contributed by atoms with E-state index in [2.05, 4.69) is 20.2 Å². The summed E-state index contributed by atoms with van der Waals surface area (Å²) in [5.74, 6) is -0.391. The van der Waals surface area contributed by atoms with Crippen LogP contribution in [0.3, 0.4) is 0 Å². The summed E-state index contributed by atoms with van der Waals surface area (Å²) in [5, 5.41) is 9.31. The molecule has 1 atom stereocenters. The molecule has 0 radical (unpaired) electrons. The molecule has 1 unspecified atom stereocenters. The highest BCUT2D eigenvalue weighted by atomic mass is 32.2. The van der Waals surface area contributed by atoms with Crippen molar-refractivity contribution in [2.75, 3.05) is 5.32 Å². The smallest absolute Gasteiger partial charge is 0.308 e. The second kappa shape index (κ2) is 8.72. The van der Waals surface area contributed by atoms with Gasteiger partial charge in [0.1, 0.15) is 6.04 Å². The second-order valence-corrected chi connectivity index (χ2v) is 9.49. The molecule has 176 valence electrons. The minimum absolute atomic E-state index is 0.0557. The summed E-state index contributed by atoms with van der Waals surface area (Å²) in [6.45, 7) is 1.76. The van der Waals surface area contributed by atoms with Gasteiger partial charge in [-0.3, -0.25) is 23.8 Å². The summed E-state index contributed by atoms with van der Waals surface area (Å²) < 4.78 is 31.1. The fourth-order valence-electron chi connectivity index (χ4n) is 3.56. The first-order valence-corrected chi connectivity index (χ1v) is 11.7. The number of sulfonamides is 1. The van der Waals surface area contributed by atoms with Gasteiger partial charge >= 0.3 is 5.69 Å². The van der Waals surface area contributed by atoms with Gasteiger partial charge in [0.25, 0.3) is 5.56 Å². The molecule has 4 aromatic rings. The highest BCUT2D eigenvalue weighted by Gasteiger charge is 2.28. The van der Waals surface area contributed by atoms with Crippen LogP contribution in [0.4, 0.5) is 5.82 Å². The summed E-state index contributed by atoms with van der Waals surface area (Å²) in [7, 11) is -1.45. The number of amides is 1. The monoisotopic (exact) mass is 482 g/mol. The van der Waals surface area contributed by atoms with E-state index in [1.165, 1.54) is 36.9 Å². The van der Waals surface area contributed by atoms with E-state index in [0.717, 1.165) is 10.3 Å². The number of carbonyl (C=O) groups is 1. The number of nitrogens with one attached hydrogen (secondary N) is 3. The number of aromatic nitrogens is 4. The standard InChI is InChI=1S/C22H22N6O5S/c1-13-11-18(25-24-13)23-20(29)19(14-7-5-4-6-8-14)26-34(32,33)15-9-10-17-16(12-15)21(30)28(3)22(31)27(17)2/h4-12,19,26H,1-3H3,(H2,23,24,25,29). The van der Waals surface area contributed by atoms with Crippen molar-refractivity contribution in [3.8, 4) is 0 Å². The van der Waals surface area contributed by atoms with Crippen LogP contribution >= 0.6 is 0 Å². The molecule has 11 nitrogen and oxygen atoms in total. The molecular formula is C22H22N6O5S. The van der Waals surface area contributed by atoms with Gasteiger partial charge in [-0.15, -0.1) is 0 Å². The molecule has 2 aromatic heterocycles. The Morgan fingerprint density at radius 1 is 1.03 bits per heavy atom.